The number of carbonyl (C=O) groups excluding carboxylic acids is 1. The average molecular weight is 481 g/mol. The second-order valence-corrected chi connectivity index (χ2v) is 8.13. The van der Waals surface area contributed by atoms with Crippen LogP contribution in [0.5, 0.6) is 5.75 Å². The summed E-state index contributed by atoms with van der Waals surface area (Å²) in [7, 11) is 3.15. The largest absolute Gasteiger partial charge is 0.495 e. The second kappa shape index (κ2) is 10.5. The molecule has 4 rings (SSSR count). The summed E-state index contributed by atoms with van der Waals surface area (Å²) in [5.41, 5.74) is 2.96. The number of benzene rings is 2. The van der Waals surface area contributed by atoms with Gasteiger partial charge in [0.15, 0.2) is 0 Å². The summed E-state index contributed by atoms with van der Waals surface area (Å²) in [6, 6.07) is 14.7. The first-order valence-electron chi connectivity index (χ1n) is 10.8. The minimum absolute atomic E-state index is 0.0635. The zero-order chi connectivity index (χ0) is 24.1. The number of hydrogen-bond donors (Lipinski definition) is 1. The van der Waals surface area contributed by atoms with E-state index in [1.807, 2.05) is 30.3 Å². The minimum atomic E-state index is -0.299. The minimum Gasteiger partial charge on any atom is -0.495 e. The summed E-state index contributed by atoms with van der Waals surface area (Å²) in [4.78, 5) is 30.8. The Labute approximate surface area is 201 Å². The molecule has 176 valence electrons. The molecule has 1 N–H and O–H groups in total. The van der Waals surface area contributed by atoms with Gasteiger partial charge in [-0.2, -0.15) is 0 Å². The lowest BCUT2D eigenvalue weighted by atomic mass is 10.1. The van der Waals surface area contributed by atoms with Crippen LogP contribution in [0.2, 0.25) is 5.02 Å². The van der Waals surface area contributed by atoms with Crippen LogP contribution in [0.3, 0.4) is 0 Å². The second-order valence-electron chi connectivity index (χ2n) is 7.72. The van der Waals surface area contributed by atoms with Crippen LogP contribution >= 0.6 is 11.6 Å². The number of halogens is 1. The molecule has 0 unspecified atom stereocenters. The number of hydrogen-bond acceptors (Lipinski definition) is 5. The van der Waals surface area contributed by atoms with Gasteiger partial charge in [-0.05, 0) is 30.2 Å². The van der Waals surface area contributed by atoms with Crippen molar-refractivity contribution < 1.29 is 14.3 Å². The van der Waals surface area contributed by atoms with Gasteiger partial charge in [0.1, 0.15) is 23.3 Å². The average Bonchev–Trinajstić information content (AvgIpc) is 3.20. The Bertz CT molecular complexity index is 1360. The Morgan fingerprint density at radius 2 is 1.91 bits per heavy atom. The van der Waals surface area contributed by atoms with E-state index in [0.29, 0.717) is 47.1 Å². The number of anilines is 1. The van der Waals surface area contributed by atoms with Crippen molar-refractivity contribution in [2.45, 2.75) is 19.5 Å². The van der Waals surface area contributed by atoms with Gasteiger partial charge < -0.3 is 19.4 Å². The van der Waals surface area contributed by atoms with E-state index in [4.69, 9.17) is 21.1 Å². The van der Waals surface area contributed by atoms with Gasteiger partial charge in [-0.25, -0.2) is 4.98 Å². The van der Waals surface area contributed by atoms with Gasteiger partial charge in [-0.3, -0.25) is 14.2 Å². The molecular formula is C25H25ClN4O4. The maximum atomic E-state index is 13.3. The van der Waals surface area contributed by atoms with E-state index in [9.17, 15) is 9.59 Å². The molecule has 0 aliphatic heterocycles. The maximum Gasteiger partial charge on any atom is 0.277 e. The van der Waals surface area contributed by atoms with Crippen LogP contribution in [0.25, 0.3) is 22.2 Å². The Kier molecular flexibility index (Phi) is 7.30. The Morgan fingerprint density at radius 3 is 2.62 bits per heavy atom. The monoisotopic (exact) mass is 480 g/mol. The van der Waals surface area contributed by atoms with Gasteiger partial charge in [0.2, 0.25) is 5.91 Å². The van der Waals surface area contributed by atoms with Crippen LogP contribution in [0.4, 0.5) is 5.69 Å². The number of fused-ring (bicyclic) bond motifs is 1. The third kappa shape index (κ3) is 4.98. The lowest BCUT2D eigenvalue weighted by molar-refractivity contribution is -0.116. The molecule has 2 aromatic heterocycles. The van der Waals surface area contributed by atoms with Crippen molar-refractivity contribution in [3.05, 3.63) is 76.4 Å². The van der Waals surface area contributed by atoms with Crippen molar-refractivity contribution in [2.24, 2.45) is 0 Å². The molecule has 1 amide bonds. The van der Waals surface area contributed by atoms with E-state index < -0.39 is 0 Å². The van der Waals surface area contributed by atoms with Gasteiger partial charge in [0.25, 0.3) is 5.56 Å². The quantitative estimate of drug-likeness (QED) is 0.363. The van der Waals surface area contributed by atoms with Crippen LogP contribution in [0.15, 0.2) is 65.8 Å². The fourth-order valence-electron chi connectivity index (χ4n) is 3.81. The van der Waals surface area contributed by atoms with Crippen molar-refractivity contribution in [1.82, 2.24) is 14.1 Å². The third-order valence-electron chi connectivity index (χ3n) is 5.42. The number of carbonyl (C=O) groups is 1. The summed E-state index contributed by atoms with van der Waals surface area (Å²) >= 11 is 6.17. The van der Waals surface area contributed by atoms with Crippen molar-refractivity contribution >= 4 is 34.2 Å². The first kappa shape index (κ1) is 23.5. The molecule has 2 aromatic carbocycles. The molecule has 0 radical (unpaired) electrons. The number of aryl methyl sites for hydroxylation is 1. The van der Waals surface area contributed by atoms with Gasteiger partial charge in [-0.1, -0.05) is 41.9 Å². The van der Waals surface area contributed by atoms with Crippen molar-refractivity contribution in [3.8, 4) is 16.9 Å². The highest BCUT2D eigenvalue weighted by atomic mass is 35.5. The molecule has 0 aliphatic carbocycles. The smallest absolute Gasteiger partial charge is 0.277 e. The fourth-order valence-corrected chi connectivity index (χ4v) is 4.07. The Balaban J connectivity index is 1.70. The molecule has 0 spiro atoms. The number of nitrogens with one attached hydrogen (secondary N) is 1. The highest BCUT2D eigenvalue weighted by Gasteiger charge is 2.18. The zero-order valence-corrected chi connectivity index (χ0v) is 19.7. The van der Waals surface area contributed by atoms with Gasteiger partial charge in [0, 0.05) is 37.7 Å². The van der Waals surface area contributed by atoms with Crippen LogP contribution < -0.4 is 15.6 Å². The molecular weight excluding hydrogens is 456 g/mol. The lowest BCUT2D eigenvalue weighted by Crippen LogP contribution is -2.25. The molecule has 0 aliphatic rings. The molecule has 0 bridgehead atoms. The van der Waals surface area contributed by atoms with E-state index in [2.05, 4.69) is 10.3 Å². The molecule has 2 heterocycles. The first-order valence-corrected chi connectivity index (χ1v) is 11.2. The van der Waals surface area contributed by atoms with Gasteiger partial charge in [0.05, 0.1) is 18.5 Å². The Hall–Kier alpha value is -3.62. The molecule has 0 atom stereocenters. The molecule has 0 saturated heterocycles. The summed E-state index contributed by atoms with van der Waals surface area (Å²) in [6.45, 7) is 0.942. The molecule has 34 heavy (non-hydrogen) atoms. The molecule has 0 saturated carbocycles. The van der Waals surface area contributed by atoms with Crippen molar-refractivity contribution in [2.75, 3.05) is 26.1 Å². The van der Waals surface area contributed by atoms with Crippen LogP contribution in [-0.2, 0) is 22.6 Å². The lowest BCUT2D eigenvalue weighted by Gasteiger charge is -2.10. The third-order valence-corrected chi connectivity index (χ3v) is 5.72. The highest BCUT2D eigenvalue weighted by Crippen LogP contribution is 2.29. The van der Waals surface area contributed by atoms with Crippen LogP contribution in [-0.4, -0.2) is 40.9 Å². The van der Waals surface area contributed by atoms with E-state index in [1.54, 1.807) is 47.0 Å². The van der Waals surface area contributed by atoms with Gasteiger partial charge >= 0.3 is 0 Å². The SMILES string of the molecule is COCCCn1cnc2c(-c3ccccc3)cn(CC(=O)Nc3ccc(OC)c(Cl)c3)c2c1=O. The number of nitrogens with zero attached hydrogens (tertiary/aromatic N) is 3. The van der Waals surface area contributed by atoms with Crippen LogP contribution in [0.1, 0.15) is 6.42 Å². The summed E-state index contributed by atoms with van der Waals surface area (Å²) in [5, 5.41) is 3.22. The summed E-state index contributed by atoms with van der Waals surface area (Å²) in [6.07, 6.45) is 4.03. The van der Waals surface area contributed by atoms with Crippen molar-refractivity contribution in [1.29, 1.82) is 0 Å². The Morgan fingerprint density at radius 1 is 1.12 bits per heavy atom. The van der Waals surface area contributed by atoms with E-state index >= 15 is 0 Å². The normalized spacial score (nSPS) is 11.0. The van der Waals surface area contributed by atoms with E-state index in [1.165, 1.54) is 7.11 Å². The summed E-state index contributed by atoms with van der Waals surface area (Å²) in [5.74, 6) is 0.218. The predicted octanol–water partition coefficient (Wildman–Crippen LogP) is 4.20. The van der Waals surface area contributed by atoms with Gasteiger partial charge in [-0.15, -0.1) is 0 Å². The van der Waals surface area contributed by atoms with E-state index in [0.717, 1.165) is 11.1 Å². The predicted molar refractivity (Wildman–Crippen MR) is 133 cm³/mol. The maximum absolute atomic E-state index is 13.3. The zero-order valence-electron chi connectivity index (χ0n) is 19.0. The topological polar surface area (TPSA) is 87.4 Å². The number of rotatable bonds is 9. The molecule has 9 heteroatoms. The van der Waals surface area contributed by atoms with E-state index in [-0.39, 0.29) is 18.0 Å². The number of amides is 1. The number of methoxy groups -OCH3 is 2. The first-order chi connectivity index (χ1) is 16.5. The van der Waals surface area contributed by atoms with Crippen LogP contribution in [0, 0.1) is 0 Å². The molecule has 8 nitrogen and oxygen atoms in total. The molecule has 4 aromatic rings. The number of aromatic nitrogens is 3. The summed E-state index contributed by atoms with van der Waals surface area (Å²) < 4.78 is 13.5. The fraction of sp³-hybridized carbons (Fsp3) is 0.240. The molecule has 0 fully saturated rings. The van der Waals surface area contributed by atoms with Crippen molar-refractivity contribution in [3.63, 3.8) is 0 Å². The highest BCUT2D eigenvalue weighted by molar-refractivity contribution is 6.32. The number of ether oxygens (including phenoxy) is 2. The standard InChI is InChI=1S/C25H25ClN4O4/c1-33-12-6-11-29-16-27-23-19(17-7-4-3-5-8-17)14-30(24(23)25(29)32)15-22(31)28-18-9-10-21(34-2)20(26)13-18/h3-5,7-10,13-14,16H,6,11-12,15H2,1-2H3,(H,28,31).